The number of hydrogen-bond acceptors (Lipinski definition) is 2. The van der Waals surface area contributed by atoms with Crippen molar-refractivity contribution < 1.29 is 4.39 Å². The molecule has 3 heteroatoms. The predicted octanol–water partition coefficient (Wildman–Crippen LogP) is 4.01. The van der Waals surface area contributed by atoms with E-state index >= 15 is 0 Å². The van der Waals surface area contributed by atoms with E-state index in [2.05, 4.69) is 26.1 Å². The van der Waals surface area contributed by atoms with Crippen LogP contribution in [0.2, 0.25) is 0 Å². The van der Waals surface area contributed by atoms with Gasteiger partial charge in [-0.15, -0.1) is 0 Å². The van der Waals surface area contributed by atoms with Gasteiger partial charge in [-0.3, -0.25) is 0 Å². The highest BCUT2D eigenvalue weighted by Crippen LogP contribution is 2.18. The number of thioether (sulfide) groups is 1. The summed E-state index contributed by atoms with van der Waals surface area (Å²) in [5.74, 6) is 2.10. The summed E-state index contributed by atoms with van der Waals surface area (Å²) >= 11 is 1.94. The lowest BCUT2D eigenvalue weighted by molar-refractivity contribution is 0.469. The summed E-state index contributed by atoms with van der Waals surface area (Å²) in [6.45, 7) is 6.53. The maximum atomic E-state index is 12.9. The van der Waals surface area contributed by atoms with Crippen LogP contribution in [-0.4, -0.2) is 17.5 Å². The summed E-state index contributed by atoms with van der Waals surface area (Å²) in [6, 6.07) is 7.61. The SMILES string of the molecule is CCSCC(C)NC(CC)c1ccc(F)cc1. The summed E-state index contributed by atoms with van der Waals surface area (Å²) in [7, 11) is 0. The van der Waals surface area contributed by atoms with E-state index in [4.69, 9.17) is 0 Å². The van der Waals surface area contributed by atoms with Gasteiger partial charge in [0.25, 0.3) is 0 Å². The Morgan fingerprint density at radius 3 is 2.41 bits per heavy atom. The third kappa shape index (κ3) is 5.09. The molecule has 0 aliphatic carbocycles. The van der Waals surface area contributed by atoms with Crippen molar-refractivity contribution in [2.24, 2.45) is 0 Å². The van der Waals surface area contributed by atoms with Gasteiger partial charge < -0.3 is 5.32 Å². The van der Waals surface area contributed by atoms with Crippen molar-refractivity contribution in [3.05, 3.63) is 35.6 Å². The normalized spacial score (nSPS) is 14.6. The summed E-state index contributed by atoms with van der Waals surface area (Å²) in [4.78, 5) is 0. The van der Waals surface area contributed by atoms with Gasteiger partial charge in [-0.05, 0) is 36.8 Å². The second kappa shape index (κ2) is 7.72. The Labute approximate surface area is 108 Å². The Hall–Kier alpha value is -0.540. The summed E-state index contributed by atoms with van der Waals surface area (Å²) in [5, 5.41) is 3.59. The van der Waals surface area contributed by atoms with E-state index in [9.17, 15) is 4.39 Å². The highest BCUT2D eigenvalue weighted by molar-refractivity contribution is 7.99. The molecule has 0 radical (unpaired) electrons. The van der Waals surface area contributed by atoms with E-state index in [-0.39, 0.29) is 5.82 Å². The molecule has 17 heavy (non-hydrogen) atoms. The lowest BCUT2D eigenvalue weighted by atomic mass is 10.0. The Morgan fingerprint density at radius 1 is 1.24 bits per heavy atom. The first-order valence-corrected chi connectivity index (χ1v) is 7.42. The van der Waals surface area contributed by atoms with Gasteiger partial charge in [-0.1, -0.05) is 26.0 Å². The minimum atomic E-state index is -0.168. The van der Waals surface area contributed by atoms with Crippen molar-refractivity contribution in [2.45, 2.75) is 39.3 Å². The third-order valence-electron chi connectivity index (χ3n) is 2.74. The van der Waals surface area contributed by atoms with Crippen LogP contribution >= 0.6 is 11.8 Å². The molecule has 0 saturated heterocycles. The topological polar surface area (TPSA) is 12.0 Å². The van der Waals surface area contributed by atoms with Crippen LogP contribution in [0, 0.1) is 5.82 Å². The Morgan fingerprint density at radius 2 is 1.88 bits per heavy atom. The van der Waals surface area contributed by atoms with Crippen LogP contribution in [0.1, 0.15) is 38.8 Å². The average molecular weight is 255 g/mol. The molecule has 96 valence electrons. The van der Waals surface area contributed by atoms with Gasteiger partial charge in [0.1, 0.15) is 5.82 Å². The lowest BCUT2D eigenvalue weighted by Crippen LogP contribution is -2.32. The van der Waals surface area contributed by atoms with Crippen molar-refractivity contribution in [1.82, 2.24) is 5.32 Å². The molecule has 0 bridgehead atoms. The molecule has 0 fully saturated rings. The Balaban J connectivity index is 2.56. The highest BCUT2D eigenvalue weighted by atomic mass is 32.2. The second-order valence-corrected chi connectivity index (χ2v) is 5.56. The van der Waals surface area contributed by atoms with E-state index in [1.54, 1.807) is 0 Å². The molecule has 2 atom stereocenters. The molecule has 1 rings (SSSR count). The van der Waals surface area contributed by atoms with Gasteiger partial charge in [0.2, 0.25) is 0 Å². The minimum Gasteiger partial charge on any atom is -0.307 e. The molecule has 0 saturated carbocycles. The fraction of sp³-hybridized carbons (Fsp3) is 0.571. The average Bonchev–Trinajstić information content (AvgIpc) is 2.34. The molecule has 0 heterocycles. The smallest absolute Gasteiger partial charge is 0.123 e. The van der Waals surface area contributed by atoms with Gasteiger partial charge in [-0.2, -0.15) is 11.8 Å². The molecule has 1 aromatic rings. The lowest BCUT2D eigenvalue weighted by Gasteiger charge is -2.22. The van der Waals surface area contributed by atoms with Crippen LogP contribution in [0.3, 0.4) is 0 Å². The van der Waals surface area contributed by atoms with Crippen LogP contribution in [-0.2, 0) is 0 Å². The summed E-state index contributed by atoms with van der Waals surface area (Å²) in [6.07, 6.45) is 1.02. The van der Waals surface area contributed by atoms with Crippen LogP contribution in [0.4, 0.5) is 4.39 Å². The summed E-state index contributed by atoms with van der Waals surface area (Å²) < 4.78 is 12.9. The van der Waals surface area contributed by atoms with Crippen LogP contribution in [0.25, 0.3) is 0 Å². The molecule has 0 spiro atoms. The zero-order valence-corrected chi connectivity index (χ0v) is 11.7. The summed E-state index contributed by atoms with van der Waals surface area (Å²) in [5.41, 5.74) is 1.17. The molecule has 0 aliphatic heterocycles. The van der Waals surface area contributed by atoms with E-state index in [1.165, 1.54) is 17.7 Å². The van der Waals surface area contributed by atoms with Crippen molar-refractivity contribution in [3.8, 4) is 0 Å². The Kier molecular flexibility index (Phi) is 6.60. The number of hydrogen-bond donors (Lipinski definition) is 1. The zero-order chi connectivity index (χ0) is 12.7. The first-order chi connectivity index (χ1) is 8.17. The van der Waals surface area contributed by atoms with E-state index < -0.39 is 0 Å². The van der Waals surface area contributed by atoms with Gasteiger partial charge in [0.05, 0.1) is 0 Å². The molecule has 0 amide bonds. The van der Waals surface area contributed by atoms with Crippen LogP contribution in [0.15, 0.2) is 24.3 Å². The monoisotopic (exact) mass is 255 g/mol. The quantitative estimate of drug-likeness (QED) is 0.790. The standard InChI is InChI=1S/C14H22FNS/c1-4-14(16-11(3)10-17-5-2)12-6-8-13(15)9-7-12/h6-9,11,14,16H,4-5,10H2,1-3H3. The third-order valence-corrected chi connectivity index (χ3v) is 3.88. The van der Waals surface area contributed by atoms with Gasteiger partial charge in [0, 0.05) is 17.8 Å². The Bertz CT molecular complexity index is 313. The maximum absolute atomic E-state index is 12.9. The maximum Gasteiger partial charge on any atom is 0.123 e. The fourth-order valence-corrected chi connectivity index (χ4v) is 2.52. The largest absolute Gasteiger partial charge is 0.307 e. The van der Waals surface area contributed by atoms with Crippen molar-refractivity contribution in [3.63, 3.8) is 0 Å². The number of rotatable bonds is 7. The number of nitrogens with one attached hydrogen (secondary N) is 1. The van der Waals surface area contributed by atoms with Crippen molar-refractivity contribution >= 4 is 11.8 Å². The van der Waals surface area contributed by atoms with Crippen molar-refractivity contribution in [1.29, 1.82) is 0 Å². The molecule has 0 aromatic heterocycles. The molecule has 1 N–H and O–H groups in total. The van der Waals surface area contributed by atoms with Gasteiger partial charge in [-0.25, -0.2) is 4.39 Å². The van der Waals surface area contributed by atoms with Crippen LogP contribution in [0.5, 0.6) is 0 Å². The van der Waals surface area contributed by atoms with Crippen LogP contribution < -0.4 is 5.32 Å². The molecule has 1 aromatic carbocycles. The first-order valence-electron chi connectivity index (χ1n) is 6.26. The zero-order valence-electron chi connectivity index (χ0n) is 10.9. The van der Waals surface area contributed by atoms with E-state index in [1.807, 2.05) is 23.9 Å². The number of halogens is 1. The molecule has 2 unspecified atom stereocenters. The predicted molar refractivity (Wildman–Crippen MR) is 75.0 cm³/mol. The van der Waals surface area contributed by atoms with E-state index in [0.29, 0.717) is 12.1 Å². The molecule has 0 aliphatic rings. The molecular formula is C14H22FNS. The fourth-order valence-electron chi connectivity index (χ4n) is 1.83. The van der Waals surface area contributed by atoms with Gasteiger partial charge in [0.15, 0.2) is 0 Å². The minimum absolute atomic E-state index is 0.168. The van der Waals surface area contributed by atoms with E-state index in [0.717, 1.165) is 17.9 Å². The van der Waals surface area contributed by atoms with Gasteiger partial charge >= 0.3 is 0 Å². The number of benzene rings is 1. The molecule has 1 nitrogen and oxygen atoms in total. The first kappa shape index (κ1) is 14.5. The molecular weight excluding hydrogens is 233 g/mol. The van der Waals surface area contributed by atoms with Crippen molar-refractivity contribution in [2.75, 3.05) is 11.5 Å². The second-order valence-electron chi connectivity index (χ2n) is 4.24. The highest BCUT2D eigenvalue weighted by Gasteiger charge is 2.12.